The second-order valence-electron chi connectivity index (χ2n) is 17.3. The molecular weight excluding hydrogens is 939 g/mol. The number of anilines is 1. The number of aliphatic carboxylic acids is 1. The number of imidazole rings is 1. The van der Waals surface area contributed by atoms with E-state index in [9.17, 15) is 43.5 Å². The minimum atomic E-state index is -1.18. The Bertz CT molecular complexity index is 2190. The molecule has 394 valence electrons. The van der Waals surface area contributed by atoms with Gasteiger partial charge in [-0.05, 0) is 38.2 Å². The number of carbonyl (C=O) groups excluding carboxylic acids is 7. The van der Waals surface area contributed by atoms with E-state index in [0.29, 0.717) is 63.6 Å². The summed E-state index contributed by atoms with van der Waals surface area (Å²) in [4.78, 5) is 107. The van der Waals surface area contributed by atoms with E-state index in [1.54, 1.807) is 0 Å². The Morgan fingerprint density at radius 1 is 0.704 bits per heavy atom. The fourth-order valence-electron chi connectivity index (χ4n) is 7.51. The molecule has 0 aliphatic rings. The van der Waals surface area contributed by atoms with E-state index in [4.69, 9.17) is 41.1 Å². The second kappa shape index (κ2) is 35.0. The number of Topliss-reactive ketones (excluding diaryl/α,β-unsaturated/α-hetero) is 5. The number of primary amides is 1. The summed E-state index contributed by atoms with van der Waals surface area (Å²) < 4.78 is 24.1. The lowest BCUT2D eigenvalue weighted by Gasteiger charge is -2.17. The molecule has 0 saturated heterocycles. The van der Waals surface area contributed by atoms with Crippen LogP contribution < -0.4 is 22.5 Å². The molecule has 0 radical (unpaired) electrons. The first-order valence-corrected chi connectivity index (χ1v) is 25.8. The number of ether oxygens (including phenoxy) is 4. The van der Waals surface area contributed by atoms with Crippen LogP contribution in [-0.4, -0.2) is 143 Å². The molecule has 1 aromatic carbocycles. The third kappa shape index (κ3) is 24.2. The lowest BCUT2D eigenvalue weighted by molar-refractivity contribution is -0.138. The quantitative estimate of drug-likeness (QED) is 0.0495. The number of aryl methyl sites for hydroxylation is 2. The molecule has 71 heavy (non-hydrogen) atoms. The molecule has 0 fully saturated rings. The summed E-state index contributed by atoms with van der Waals surface area (Å²) in [6, 6.07) is 7.89. The first-order valence-electron chi connectivity index (χ1n) is 24.8. The van der Waals surface area contributed by atoms with Gasteiger partial charge in [0.25, 0.3) is 0 Å². The van der Waals surface area contributed by atoms with Crippen LogP contribution in [-0.2, 0) is 70.3 Å². The van der Waals surface area contributed by atoms with Crippen molar-refractivity contribution in [2.45, 2.75) is 128 Å². The molecule has 2 unspecified atom stereocenters. The highest BCUT2D eigenvalue weighted by molar-refractivity contribution is 8.00. The van der Waals surface area contributed by atoms with Gasteiger partial charge in [-0.25, -0.2) is 9.97 Å². The maximum Gasteiger partial charge on any atom is 0.304 e. The number of nitrogens with one attached hydrogen (secondary N) is 1. The number of ketones is 5. The van der Waals surface area contributed by atoms with Crippen LogP contribution in [0, 0.1) is 5.92 Å². The maximum absolute atomic E-state index is 13.1. The lowest BCUT2D eigenvalue weighted by atomic mass is 10.0. The van der Waals surface area contributed by atoms with Gasteiger partial charge in [0.05, 0.1) is 88.0 Å². The monoisotopic (exact) mass is 1010 g/mol. The summed E-state index contributed by atoms with van der Waals surface area (Å²) in [5.74, 6) is -2.70. The van der Waals surface area contributed by atoms with E-state index in [-0.39, 0.29) is 125 Å². The third-order valence-corrected chi connectivity index (χ3v) is 12.9. The molecule has 2 amide bonds. The van der Waals surface area contributed by atoms with Gasteiger partial charge in [0.15, 0.2) is 11.6 Å². The van der Waals surface area contributed by atoms with Gasteiger partial charge >= 0.3 is 5.97 Å². The van der Waals surface area contributed by atoms with Crippen molar-refractivity contribution in [3.05, 3.63) is 30.1 Å². The topological polar surface area (TPSA) is 315 Å². The van der Waals surface area contributed by atoms with Crippen LogP contribution in [0.1, 0.15) is 115 Å². The van der Waals surface area contributed by atoms with E-state index in [1.165, 1.54) is 0 Å². The average Bonchev–Trinajstić information content (AvgIpc) is 3.72. The number of hydrogen-bond acceptors (Lipinski definition) is 17. The molecule has 3 aromatic rings. The number of pyridine rings is 1. The minimum Gasteiger partial charge on any atom is -0.481 e. The van der Waals surface area contributed by atoms with Crippen LogP contribution in [0.5, 0.6) is 0 Å². The molecule has 3 rings (SSSR count). The van der Waals surface area contributed by atoms with Crippen molar-refractivity contribution in [2.75, 3.05) is 77.4 Å². The zero-order chi connectivity index (χ0) is 51.8. The van der Waals surface area contributed by atoms with Gasteiger partial charge in [-0.2, -0.15) is 0 Å². The average molecular weight is 1010 g/mol. The number of carboxylic acid groups (broad SMARTS) is 1. The van der Waals surface area contributed by atoms with Crippen LogP contribution in [0.3, 0.4) is 0 Å². The number of hydrogen-bond donors (Lipinski definition) is 5. The number of nitrogens with two attached hydrogens (primary N) is 3. The molecular formula is C50H75N7O13S. The number of thioether (sulfide) groups is 1. The SMILES string of the molecule is CCCCc1nc2c(N)nc3ccccc3c2n1CCCCCC(=O)CCCC(=O)C(CC(=O)O)SCC(CC(=O)CCOCCOCCOCCOCCCC(=O)CNC(=O)CCC(=O)CN)C(N)=O. The number of nitrogen functional groups attached to an aromatic ring is 1. The van der Waals surface area contributed by atoms with Gasteiger partial charge in [-0.3, -0.25) is 38.4 Å². The number of amides is 2. The van der Waals surface area contributed by atoms with Gasteiger partial charge in [-0.1, -0.05) is 38.0 Å². The largest absolute Gasteiger partial charge is 0.481 e. The Kier molecular flexibility index (Phi) is 29.6. The molecule has 20 nitrogen and oxygen atoms in total. The molecule has 0 bridgehead atoms. The molecule has 2 atom stereocenters. The van der Waals surface area contributed by atoms with Crippen LogP contribution >= 0.6 is 11.8 Å². The zero-order valence-corrected chi connectivity index (χ0v) is 42.1. The summed E-state index contributed by atoms with van der Waals surface area (Å²) >= 11 is 0.993. The molecule has 8 N–H and O–H groups in total. The molecule has 0 aliphatic carbocycles. The third-order valence-electron chi connectivity index (χ3n) is 11.5. The van der Waals surface area contributed by atoms with Gasteiger partial charge in [0.2, 0.25) is 11.8 Å². The standard InChI is InChI=1S/C50H75N7O13S/c1-2-3-17-44-56-47-48(40-14-6-7-15-41(40)55-49(47)52)57(44)21-8-4-5-11-36(58)12-9-16-42(62)43(31-46(64)65)71-34-35(50(53)66)30-37(59)20-23-68-25-27-70-29-28-69-26-24-67-22-10-13-39(61)33-54-45(63)19-18-38(60)32-51/h6-7,14-15,35,43H,2-5,8-13,16-34,51H2,1H3,(H2,52,55)(H2,53,66)(H,54,63)(H,64,65). The van der Waals surface area contributed by atoms with Crippen LogP contribution in [0.2, 0.25) is 0 Å². The fourth-order valence-corrected chi connectivity index (χ4v) is 8.82. The molecule has 21 heteroatoms. The Morgan fingerprint density at radius 2 is 1.37 bits per heavy atom. The van der Waals surface area contributed by atoms with E-state index in [1.807, 2.05) is 24.3 Å². The van der Waals surface area contributed by atoms with Crippen LogP contribution in [0.25, 0.3) is 21.9 Å². The Morgan fingerprint density at radius 3 is 2.04 bits per heavy atom. The number of para-hydroxylation sites is 1. The number of rotatable bonds is 44. The highest BCUT2D eigenvalue weighted by Crippen LogP contribution is 2.30. The normalized spacial score (nSPS) is 12.3. The molecule has 0 spiro atoms. The number of fused-ring (bicyclic) bond motifs is 3. The number of aromatic nitrogens is 3. The van der Waals surface area contributed by atoms with Crippen molar-refractivity contribution in [3.8, 4) is 0 Å². The number of carbonyl (C=O) groups is 8. The number of nitrogens with zero attached hydrogens (tertiary/aromatic N) is 3. The first-order chi connectivity index (χ1) is 34.2. The van der Waals surface area contributed by atoms with Crippen molar-refractivity contribution in [1.29, 1.82) is 0 Å². The molecule has 0 aliphatic heterocycles. The fraction of sp³-hybridized carbons (Fsp3) is 0.640. The summed E-state index contributed by atoms with van der Waals surface area (Å²) in [5, 5.41) is 12.0. The Hall–Kier alpha value is -5.19. The van der Waals surface area contributed by atoms with Gasteiger partial charge < -0.3 is 51.1 Å². The zero-order valence-electron chi connectivity index (χ0n) is 41.3. The molecule has 2 aromatic heterocycles. The number of benzene rings is 1. The second-order valence-corrected chi connectivity index (χ2v) is 18.5. The molecule has 0 saturated carbocycles. The number of unbranched alkanes of at least 4 members (excludes halogenated alkanes) is 3. The van der Waals surface area contributed by atoms with Gasteiger partial charge in [-0.15, -0.1) is 11.8 Å². The summed E-state index contributed by atoms with van der Waals surface area (Å²) in [7, 11) is 0. The predicted molar refractivity (Wildman–Crippen MR) is 270 cm³/mol. The summed E-state index contributed by atoms with van der Waals surface area (Å²) in [6.07, 6.45) is 6.29. The Balaban J connectivity index is 1.23. The maximum atomic E-state index is 13.1. The van der Waals surface area contributed by atoms with Crippen molar-refractivity contribution < 1.29 is 62.4 Å². The van der Waals surface area contributed by atoms with Crippen LogP contribution in [0.15, 0.2) is 24.3 Å². The van der Waals surface area contributed by atoms with E-state index >= 15 is 0 Å². The van der Waals surface area contributed by atoms with Crippen molar-refractivity contribution in [3.63, 3.8) is 0 Å². The molecule has 2 heterocycles. The highest BCUT2D eigenvalue weighted by atomic mass is 32.2. The van der Waals surface area contributed by atoms with E-state index in [2.05, 4.69) is 21.8 Å². The highest BCUT2D eigenvalue weighted by Gasteiger charge is 2.27. The van der Waals surface area contributed by atoms with Crippen molar-refractivity contribution >= 4 is 86.2 Å². The predicted octanol–water partition coefficient (Wildman–Crippen LogP) is 4.25. The first kappa shape index (κ1) is 60.1. The Labute approximate surface area is 419 Å². The van der Waals surface area contributed by atoms with Crippen molar-refractivity contribution in [1.82, 2.24) is 19.9 Å². The van der Waals surface area contributed by atoms with E-state index in [0.717, 1.165) is 72.7 Å². The summed E-state index contributed by atoms with van der Waals surface area (Å²) in [5.41, 5.74) is 19.6. The number of carboxylic acids is 1. The van der Waals surface area contributed by atoms with Crippen LogP contribution in [0.4, 0.5) is 5.82 Å². The minimum absolute atomic E-state index is 0.00520. The summed E-state index contributed by atoms with van der Waals surface area (Å²) in [6.45, 7) is 4.91. The van der Waals surface area contributed by atoms with Gasteiger partial charge in [0, 0.05) is 82.1 Å². The smallest absolute Gasteiger partial charge is 0.304 e. The van der Waals surface area contributed by atoms with Crippen molar-refractivity contribution in [2.24, 2.45) is 17.4 Å². The lowest BCUT2D eigenvalue weighted by Crippen LogP contribution is -2.30. The van der Waals surface area contributed by atoms with Gasteiger partial charge in [0.1, 0.15) is 34.5 Å². The van der Waals surface area contributed by atoms with E-state index < -0.39 is 29.5 Å².